The molecule has 5 heteroatoms. The normalized spacial score (nSPS) is 20.9. The molecule has 172 valence electrons. The number of rotatable bonds is 5. The topological polar surface area (TPSA) is 35.5 Å². The third-order valence-corrected chi connectivity index (χ3v) is 6.78. The zero-order chi connectivity index (χ0) is 22.9. The van der Waals surface area contributed by atoms with Crippen LogP contribution < -0.4 is 28.3 Å². The second-order valence-electron chi connectivity index (χ2n) is 9.89. The van der Waals surface area contributed by atoms with Gasteiger partial charge in [0.2, 0.25) is 0 Å². The minimum absolute atomic E-state index is 0. The number of hydrogen-bond donors (Lipinski definition) is 0. The van der Waals surface area contributed by atoms with Crippen molar-refractivity contribution in [2.75, 3.05) is 7.11 Å². The predicted octanol–water partition coefficient (Wildman–Crippen LogP) is 3.90. The molecule has 0 heterocycles. The van der Waals surface area contributed by atoms with Crippen molar-refractivity contribution in [1.82, 2.24) is 0 Å². The number of hydrogen-bond acceptors (Lipinski definition) is 3. The summed E-state index contributed by atoms with van der Waals surface area (Å²) < 4.78 is 11.8. The van der Waals surface area contributed by atoms with Crippen LogP contribution in [0.2, 0.25) is 19.6 Å². The second kappa shape index (κ2) is 13.5. The molecular weight excluding hydrogens is 407 g/mol. The van der Waals surface area contributed by atoms with Crippen molar-refractivity contribution in [2.45, 2.75) is 102 Å². The molecule has 0 aromatic heterocycles. The minimum atomic E-state index is -1.53. The second-order valence-corrected chi connectivity index (χ2v) is 14.6. The van der Waals surface area contributed by atoms with E-state index in [0.717, 1.165) is 49.2 Å². The van der Waals surface area contributed by atoms with Gasteiger partial charge in [-0.3, -0.25) is 4.79 Å². The first kappa shape index (κ1) is 28.9. The first-order valence-electron chi connectivity index (χ1n) is 11.9. The first-order valence-corrected chi connectivity index (χ1v) is 15.4. The fraction of sp³-hybridized carbons (Fsp3) is 0.630. The molecule has 0 amide bonds. The SMILES string of the molecule is COc1ccc(C2(C#C[Si](C)(C)C)CCCC(=O)C2)cc1OC1CCCC1.[CH2-]CCC.[Li+]. The molecule has 2 saturated carbocycles. The number of unbranched alkanes of at least 4 members (excludes halogenated alkanes) is 1. The third kappa shape index (κ3) is 8.66. The monoisotopic (exact) mass is 448 g/mol. The van der Waals surface area contributed by atoms with Gasteiger partial charge in [-0.1, -0.05) is 45.0 Å². The maximum absolute atomic E-state index is 12.4. The Morgan fingerprint density at radius 2 is 1.81 bits per heavy atom. The smallest absolute Gasteiger partial charge is 0.493 e. The summed E-state index contributed by atoms with van der Waals surface area (Å²) in [4.78, 5) is 12.4. The van der Waals surface area contributed by atoms with Crippen LogP contribution in [0, 0.1) is 18.4 Å². The van der Waals surface area contributed by atoms with Crippen LogP contribution in [0.4, 0.5) is 0 Å². The molecule has 0 saturated heterocycles. The van der Waals surface area contributed by atoms with Gasteiger partial charge in [0, 0.05) is 12.8 Å². The molecule has 1 atom stereocenters. The van der Waals surface area contributed by atoms with Crippen molar-refractivity contribution in [1.29, 1.82) is 0 Å². The van der Waals surface area contributed by atoms with Crippen LogP contribution in [0.25, 0.3) is 0 Å². The van der Waals surface area contributed by atoms with Gasteiger partial charge in [-0.2, -0.15) is 6.42 Å². The van der Waals surface area contributed by atoms with Gasteiger partial charge >= 0.3 is 18.9 Å². The van der Waals surface area contributed by atoms with Gasteiger partial charge in [0.15, 0.2) is 11.5 Å². The average Bonchev–Trinajstić information content (AvgIpc) is 3.25. The van der Waals surface area contributed by atoms with Crippen LogP contribution in [-0.2, 0) is 10.2 Å². The number of benzene rings is 1. The Labute approximate surface area is 209 Å². The number of Topliss-reactive ketones (excluding diaryl/α,β-unsaturated/α-hetero) is 1. The van der Waals surface area contributed by atoms with Crippen LogP contribution in [0.15, 0.2) is 18.2 Å². The number of methoxy groups -OCH3 is 1. The summed E-state index contributed by atoms with van der Waals surface area (Å²) in [5, 5.41) is 0. The molecule has 0 radical (unpaired) electrons. The fourth-order valence-electron chi connectivity index (χ4n) is 4.09. The molecule has 0 spiro atoms. The quantitative estimate of drug-likeness (QED) is 0.389. The largest absolute Gasteiger partial charge is 1.00 e. The predicted molar refractivity (Wildman–Crippen MR) is 132 cm³/mol. The fourth-order valence-corrected chi connectivity index (χ4v) is 4.70. The summed E-state index contributed by atoms with van der Waals surface area (Å²) in [6, 6.07) is 6.16. The van der Waals surface area contributed by atoms with Gasteiger partial charge in [0.25, 0.3) is 0 Å². The van der Waals surface area contributed by atoms with E-state index in [1.54, 1.807) is 7.11 Å². The third-order valence-electron chi connectivity index (χ3n) is 5.90. The Bertz CT molecular complexity index is 782. The van der Waals surface area contributed by atoms with E-state index in [-0.39, 0.29) is 30.4 Å². The molecule has 0 aliphatic heterocycles. The van der Waals surface area contributed by atoms with E-state index in [2.05, 4.69) is 57.1 Å². The number of ether oxygens (including phenoxy) is 2. The molecule has 2 aliphatic rings. The van der Waals surface area contributed by atoms with Crippen LogP contribution in [-0.4, -0.2) is 27.1 Å². The van der Waals surface area contributed by atoms with Gasteiger partial charge in [0.05, 0.1) is 18.6 Å². The Balaban J connectivity index is 0.000000945. The first-order chi connectivity index (χ1) is 14.7. The summed E-state index contributed by atoms with van der Waals surface area (Å²) in [7, 11) is 0.150. The van der Waals surface area contributed by atoms with E-state index in [4.69, 9.17) is 9.47 Å². The summed E-state index contributed by atoms with van der Waals surface area (Å²) in [6.07, 6.45) is 10.2. The molecule has 0 bridgehead atoms. The van der Waals surface area contributed by atoms with E-state index in [9.17, 15) is 4.79 Å². The Kier molecular flexibility index (Phi) is 12.2. The van der Waals surface area contributed by atoms with E-state index in [1.165, 1.54) is 19.3 Å². The van der Waals surface area contributed by atoms with Gasteiger partial charge in [-0.15, -0.1) is 5.54 Å². The van der Waals surface area contributed by atoms with Crippen molar-refractivity contribution in [2.24, 2.45) is 0 Å². The molecular formula is C27H41LiO3Si. The maximum Gasteiger partial charge on any atom is 1.00 e. The van der Waals surface area contributed by atoms with Crippen molar-refractivity contribution in [3.8, 4) is 23.0 Å². The van der Waals surface area contributed by atoms with Crippen LogP contribution in [0.1, 0.15) is 76.7 Å². The van der Waals surface area contributed by atoms with Crippen molar-refractivity contribution in [3.63, 3.8) is 0 Å². The molecule has 2 aliphatic carbocycles. The van der Waals surface area contributed by atoms with Crippen LogP contribution >= 0.6 is 0 Å². The summed E-state index contributed by atoms with van der Waals surface area (Å²) in [5.41, 5.74) is 4.26. The Hall–Kier alpha value is -1.14. The molecule has 32 heavy (non-hydrogen) atoms. The van der Waals surface area contributed by atoms with Crippen LogP contribution in [0.5, 0.6) is 11.5 Å². The van der Waals surface area contributed by atoms with E-state index in [1.807, 2.05) is 6.07 Å². The molecule has 1 unspecified atom stereocenters. The van der Waals surface area contributed by atoms with Crippen molar-refractivity contribution < 1.29 is 33.1 Å². The number of carbonyl (C=O) groups excluding carboxylic acids is 1. The maximum atomic E-state index is 12.4. The average molecular weight is 449 g/mol. The van der Waals surface area contributed by atoms with Gasteiger partial charge < -0.3 is 16.4 Å². The summed E-state index contributed by atoms with van der Waals surface area (Å²) in [6.45, 7) is 12.5. The zero-order valence-electron chi connectivity index (χ0n) is 21.3. The van der Waals surface area contributed by atoms with Crippen molar-refractivity contribution >= 4 is 13.9 Å². The van der Waals surface area contributed by atoms with Crippen LogP contribution in [0.3, 0.4) is 0 Å². The van der Waals surface area contributed by atoms with E-state index >= 15 is 0 Å². The number of ketones is 1. The minimum Gasteiger partial charge on any atom is -0.493 e. The molecule has 3 rings (SSSR count). The van der Waals surface area contributed by atoms with E-state index in [0.29, 0.717) is 18.6 Å². The Morgan fingerprint density at radius 1 is 1.16 bits per heavy atom. The van der Waals surface area contributed by atoms with E-state index < -0.39 is 8.07 Å². The van der Waals surface area contributed by atoms with Crippen molar-refractivity contribution in [3.05, 3.63) is 30.7 Å². The molecule has 2 fully saturated rings. The number of carbonyl (C=O) groups is 1. The summed E-state index contributed by atoms with van der Waals surface area (Å²) in [5.74, 6) is 5.46. The standard InChI is InChI=1S/C23H32O3Si.C4H9.Li/c1-25-21-12-11-18(16-22(21)26-20-9-5-6-10-20)23(14-15-27(2,3)4)13-7-8-19(24)17-23;1-3-4-2;/h11-12,16,20H,5-10,13,17H2,1-4H3;1,3-4H2,2H3;/q;-1;+1. The van der Waals surface area contributed by atoms with Gasteiger partial charge in [0.1, 0.15) is 13.9 Å². The van der Waals surface area contributed by atoms with Gasteiger partial charge in [-0.05, 0) is 56.2 Å². The van der Waals surface area contributed by atoms with Gasteiger partial charge in [-0.25, -0.2) is 0 Å². The summed E-state index contributed by atoms with van der Waals surface area (Å²) >= 11 is 0. The molecule has 3 nitrogen and oxygen atoms in total. The molecule has 1 aromatic carbocycles. The molecule has 1 aromatic rings. The molecule has 0 N–H and O–H groups in total. The zero-order valence-corrected chi connectivity index (χ0v) is 22.3. The Morgan fingerprint density at radius 3 is 2.34 bits per heavy atom.